The Kier molecular flexibility index (Phi) is 11.3. The molecule has 4 aliphatic heterocycles. The third-order valence-electron chi connectivity index (χ3n) is 11.2. The molecule has 0 radical (unpaired) electrons. The molecule has 1 aliphatic carbocycles. The number of hydrogen-bond acceptors (Lipinski definition) is 6. The van der Waals surface area contributed by atoms with Gasteiger partial charge in [-0.2, -0.15) is 0 Å². The van der Waals surface area contributed by atoms with Crippen LogP contribution in [-0.4, -0.2) is 143 Å². The van der Waals surface area contributed by atoms with Gasteiger partial charge in [0.2, 0.25) is 5.91 Å². The van der Waals surface area contributed by atoms with Gasteiger partial charge in [0.25, 0.3) is 0 Å². The number of fused-ring (bicyclic) bond motifs is 1. The van der Waals surface area contributed by atoms with Gasteiger partial charge >= 0.3 is 18.0 Å². The number of nitrogens with one attached hydrogen (secondary N) is 2. The van der Waals surface area contributed by atoms with Crippen molar-refractivity contribution in [2.45, 2.75) is 69.1 Å². The lowest BCUT2D eigenvalue weighted by Crippen LogP contribution is -2.63. The number of piperazine rings is 1. The highest BCUT2D eigenvalue weighted by molar-refractivity contribution is 9.10. The summed E-state index contributed by atoms with van der Waals surface area (Å²) < 4.78 is 0.917. The number of carboxylic acids is 1. The van der Waals surface area contributed by atoms with Gasteiger partial charge in [-0.25, -0.2) is 9.59 Å². The van der Waals surface area contributed by atoms with E-state index in [4.69, 9.17) is 5.11 Å². The monoisotopic (exact) mass is 751 g/mol. The van der Waals surface area contributed by atoms with E-state index in [0.29, 0.717) is 58.0 Å². The van der Waals surface area contributed by atoms with Crippen LogP contribution in [0.4, 0.5) is 9.59 Å². The average Bonchev–Trinajstić information content (AvgIpc) is 3.11. The van der Waals surface area contributed by atoms with Crippen molar-refractivity contribution >= 4 is 45.9 Å². The fourth-order valence-corrected chi connectivity index (χ4v) is 8.51. The minimum absolute atomic E-state index is 0.0365. The first-order valence-corrected chi connectivity index (χ1v) is 18.7. The molecule has 1 aromatic rings. The topological polar surface area (TPSA) is 129 Å². The van der Waals surface area contributed by atoms with Crippen molar-refractivity contribution in [2.24, 2.45) is 0 Å². The number of carbonyl (C=O) groups excluding carboxylic acids is 3. The van der Waals surface area contributed by atoms with Crippen LogP contribution in [0, 0.1) is 0 Å². The normalized spacial score (nSPS) is 24.6. The SMILES string of the molecule is C=Cc1cc(CC(NC(=O)N2CCC(N3CC4=CC=CCC4(C)NC3=O)CC2)C(=O)N2CCC(N3CCN(CC(=O)O)CC3)CC2)ccc1Br. The van der Waals surface area contributed by atoms with Crippen LogP contribution in [-0.2, 0) is 16.0 Å². The highest BCUT2D eigenvalue weighted by atomic mass is 79.9. The van der Waals surface area contributed by atoms with Gasteiger partial charge in [0, 0.05) is 81.9 Å². The van der Waals surface area contributed by atoms with Crippen molar-refractivity contribution in [3.63, 3.8) is 0 Å². The van der Waals surface area contributed by atoms with E-state index in [-0.39, 0.29) is 36.1 Å². The zero-order valence-corrected chi connectivity index (χ0v) is 30.6. The Labute approximate surface area is 303 Å². The lowest BCUT2D eigenvalue weighted by atomic mass is 9.82. The number of benzene rings is 1. The largest absolute Gasteiger partial charge is 0.480 e. The highest BCUT2D eigenvalue weighted by Crippen LogP contribution is 2.32. The fraction of sp³-hybridized carbons (Fsp3) is 0.568. The van der Waals surface area contributed by atoms with E-state index in [1.54, 1.807) is 11.0 Å². The van der Waals surface area contributed by atoms with E-state index < -0.39 is 12.0 Å². The first-order chi connectivity index (χ1) is 24.0. The van der Waals surface area contributed by atoms with Gasteiger partial charge in [-0.05, 0) is 61.8 Å². The molecule has 12 nitrogen and oxygen atoms in total. The van der Waals surface area contributed by atoms with Gasteiger partial charge in [0.1, 0.15) is 6.04 Å². The fourth-order valence-electron chi connectivity index (χ4n) is 8.10. The molecule has 0 spiro atoms. The van der Waals surface area contributed by atoms with E-state index in [2.05, 4.69) is 63.2 Å². The maximum absolute atomic E-state index is 14.1. The first-order valence-electron chi connectivity index (χ1n) is 17.9. The number of rotatable bonds is 9. The van der Waals surface area contributed by atoms with Crippen LogP contribution in [0.3, 0.4) is 0 Å². The molecule has 13 heteroatoms. The standard InChI is InChI=1S/C37H50BrN7O5/c1-3-27-22-26(7-8-31(27)38)23-32(34(48)43-14-9-29(10-15-43)42-20-18-41(19-21-42)25-33(46)47)39-35(49)44-16-11-30(12-17-44)45-24-28-6-4-5-13-37(28,2)40-36(45)50/h3-8,22,29-30,32H,1,9-21,23-25H2,2H3,(H,39,49)(H,40,50)(H,46,47). The van der Waals surface area contributed by atoms with Crippen LogP contribution >= 0.6 is 15.9 Å². The van der Waals surface area contributed by atoms with E-state index in [1.807, 2.05) is 32.9 Å². The molecule has 4 saturated heterocycles. The lowest BCUT2D eigenvalue weighted by molar-refractivity contribution is -0.138. The van der Waals surface area contributed by atoms with Gasteiger partial charge in [0.15, 0.2) is 0 Å². The molecule has 4 heterocycles. The summed E-state index contributed by atoms with van der Waals surface area (Å²) >= 11 is 3.56. The van der Waals surface area contributed by atoms with Gasteiger partial charge in [-0.3, -0.25) is 19.4 Å². The van der Waals surface area contributed by atoms with Gasteiger partial charge in [-0.1, -0.05) is 58.9 Å². The number of hydrogen-bond donors (Lipinski definition) is 3. The third kappa shape index (κ3) is 8.26. The summed E-state index contributed by atoms with van der Waals surface area (Å²) in [7, 11) is 0. The van der Waals surface area contributed by atoms with Crippen molar-refractivity contribution in [2.75, 3.05) is 65.4 Å². The summed E-state index contributed by atoms with van der Waals surface area (Å²) in [6.07, 6.45) is 12.2. The Balaban J connectivity index is 1.06. The van der Waals surface area contributed by atoms with Crippen LogP contribution in [0.5, 0.6) is 0 Å². The molecule has 1 aromatic carbocycles. The molecule has 0 bridgehead atoms. The van der Waals surface area contributed by atoms with E-state index in [0.717, 1.165) is 61.0 Å². The predicted octanol–water partition coefficient (Wildman–Crippen LogP) is 3.54. The molecule has 4 fully saturated rings. The molecule has 5 aliphatic rings. The number of urea groups is 2. The summed E-state index contributed by atoms with van der Waals surface area (Å²) in [5.41, 5.74) is 2.73. The summed E-state index contributed by atoms with van der Waals surface area (Å²) in [4.78, 5) is 62.1. The van der Waals surface area contributed by atoms with Crippen molar-refractivity contribution in [3.8, 4) is 0 Å². The molecule has 6 rings (SSSR count). The number of likely N-dealkylation sites (tertiary alicyclic amines) is 2. The Bertz CT molecular complexity index is 1530. The minimum Gasteiger partial charge on any atom is -0.480 e. The second-order valence-electron chi connectivity index (χ2n) is 14.5. The summed E-state index contributed by atoms with van der Waals surface area (Å²) in [5.74, 6) is -0.876. The summed E-state index contributed by atoms with van der Waals surface area (Å²) in [6.45, 7) is 12.0. The second-order valence-corrected chi connectivity index (χ2v) is 15.3. The van der Waals surface area contributed by atoms with Crippen molar-refractivity contribution < 1.29 is 24.3 Å². The molecule has 2 atom stereocenters. The molecule has 0 saturated carbocycles. The first kappa shape index (κ1) is 36.1. The van der Waals surface area contributed by atoms with Crippen molar-refractivity contribution in [1.29, 1.82) is 0 Å². The smallest absolute Gasteiger partial charge is 0.318 e. The van der Waals surface area contributed by atoms with E-state index in [9.17, 15) is 19.2 Å². The Morgan fingerprint density at radius 3 is 2.40 bits per heavy atom. The number of carbonyl (C=O) groups is 4. The summed E-state index contributed by atoms with van der Waals surface area (Å²) in [5, 5.41) is 15.4. The number of aliphatic carboxylic acids is 1. The predicted molar refractivity (Wildman–Crippen MR) is 196 cm³/mol. The van der Waals surface area contributed by atoms with Gasteiger partial charge in [-0.15, -0.1) is 0 Å². The summed E-state index contributed by atoms with van der Waals surface area (Å²) in [6, 6.07) is 5.26. The Hall–Kier alpha value is -3.68. The number of amides is 5. The maximum atomic E-state index is 14.1. The van der Waals surface area contributed by atoms with Gasteiger partial charge < -0.3 is 30.4 Å². The molecule has 3 N–H and O–H groups in total. The number of piperidine rings is 2. The average molecular weight is 753 g/mol. The molecule has 5 amide bonds. The number of carboxylic acid groups (broad SMARTS) is 1. The number of allylic oxidation sites excluding steroid dienone is 2. The molecule has 270 valence electrons. The molecule has 2 unspecified atom stereocenters. The molecular formula is C37H50BrN7O5. The lowest BCUT2D eigenvalue weighted by Gasteiger charge is -2.47. The number of halogens is 1. The van der Waals surface area contributed by atoms with E-state index >= 15 is 0 Å². The maximum Gasteiger partial charge on any atom is 0.318 e. The Morgan fingerprint density at radius 1 is 1.04 bits per heavy atom. The second kappa shape index (κ2) is 15.7. The molecular weight excluding hydrogens is 702 g/mol. The van der Waals surface area contributed by atoms with Crippen LogP contribution in [0.2, 0.25) is 0 Å². The van der Waals surface area contributed by atoms with Crippen LogP contribution < -0.4 is 10.6 Å². The molecule has 0 aromatic heterocycles. The number of nitrogens with zero attached hydrogens (tertiary/aromatic N) is 5. The zero-order valence-electron chi connectivity index (χ0n) is 29.0. The van der Waals surface area contributed by atoms with Crippen molar-refractivity contribution in [3.05, 3.63) is 64.2 Å². The van der Waals surface area contributed by atoms with Gasteiger partial charge in [0.05, 0.1) is 12.1 Å². The zero-order chi connectivity index (χ0) is 35.4. The van der Waals surface area contributed by atoms with Crippen LogP contribution in [0.1, 0.15) is 50.2 Å². The quantitative estimate of drug-likeness (QED) is 0.352. The Morgan fingerprint density at radius 2 is 1.72 bits per heavy atom. The van der Waals surface area contributed by atoms with Crippen LogP contribution in [0.25, 0.3) is 6.08 Å². The third-order valence-corrected chi connectivity index (χ3v) is 11.9. The molecule has 50 heavy (non-hydrogen) atoms. The van der Waals surface area contributed by atoms with Crippen LogP contribution in [0.15, 0.2) is 53.1 Å². The minimum atomic E-state index is -0.797. The highest BCUT2D eigenvalue weighted by Gasteiger charge is 2.42. The van der Waals surface area contributed by atoms with Crippen molar-refractivity contribution in [1.82, 2.24) is 35.1 Å². The van der Waals surface area contributed by atoms with E-state index in [1.165, 1.54) is 5.57 Å².